The van der Waals surface area contributed by atoms with Gasteiger partial charge in [-0.2, -0.15) is 5.10 Å². The third kappa shape index (κ3) is 2.92. The highest BCUT2D eigenvalue weighted by atomic mass is 79.9. The Bertz CT molecular complexity index is 938. The summed E-state index contributed by atoms with van der Waals surface area (Å²) in [5.74, 6) is -0.181. The van der Waals surface area contributed by atoms with Gasteiger partial charge in [0.05, 0.1) is 11.4 Å². The van der Waals surface area contributed by atoms with E-state index in [2.05, 4.69) is 62.3 Å². The molecule has 122 valence electrons. The molecule has 0 aliphatic carbocycles. The molecule has 3 rings (SSSR count). The quantitative estimate of drug-likeness (QED) is 0.365. The maximum atomic E-state index is 7.31. The van der Waals surface area contributed by atoms with Crippen LogP contribution in [0.1, 0.15) is 12.5 Å². The maximum absolute atomic E-state index is 7.31. The molecule has 0 atom stereocenters. The Morgan fingerprint density at radius 1 is 1.17 bits per heavy atom. The molecule has 1 heterocycles. The van der Waals surface area contributed by atoms with Gasteiger partial charge in [-0.25, -0.2) is 5.43 Å². The number of hydrogen-bond acceptors (Lipinski definition) is 2. The van der Waals surface area contributed by atoms with Gasteiger partial charge in [-0.1, -0.05) is 46.3 Å². The Hall–Kier alpha value is -2.60. The first kappa shape index (κ1) is 16.3. The van der Waals surface area contributed by atoms with E-state index in [4.69, 9.17) is 11.1 Å². The summed E-state index contributed by atoms with van der Waals surface area (Å²) in [5, 5.41) is 12.7. The van der Waals surface area contributed by atoms with Crippen LogP contribution >= 0.6 is 15.9 Å². The van der Waals surface area contributed by atoms with Gasteiger partial charge in [0, 0.05) is 28.0 Å². The number of halogens is 1. The van der Waals surface area contributed by atoms with Gasteiger partial charge < -0.3 is 10.3 Å². The van der Waals surface area contributed by atoms with Gasteiger partial charge in [-0.05, 0) is 30.7 Å². The first-order chi connectivity index (χ1) is 11.5. The Kier molecular flexibility index (Phi) is 4.40. The van der Waals surface area contributed by atoms with Crippen LogP contribution < -0.4 is 11.2 Å². The van der Waals surface area contributed by atoms with Crippen LogP contribution in [0.4, 0.5) is 0 Å². The van der Waals surface area contributed by atoms with E-state index in [-0.39, 0.29) is 5.96 Å². The summed E-state index contributed by atoms with van der Waals surface area (Å²) in [4.78, 5) is 0. The van der Waals surface area contributed by atoms with Crippen LogP contribution in [0, 0.1) is 5.41 Å². The molecule has 5 nitrogen and oxygen atoms in total. The molecule has 2 aromatic carbocycles. The Labute approximate surface area is 148 Å². The fourth-order valence-corrected chi connectivity index (χ4v) is 3.17. The molecule has 6 heteroatoms. The summed E-state index contributed by atoms with van der Waals surface area (Å²) in [5.41, 5.74) is 13.0. The lowest BCUT2D eigenvalue weighted by molar-refractivity contribution is 0.972. The Morgan fingerprint density at radius 3 is 2.50 bits per heavy atom. The van der Waals surface area contributed by atoms with Gasteiger partial charge >= 0.3 is 0 Å². The SMILES string of the molecule is C/C(=N/NC(=N)N)c1c(-c2ccc(Br)cc2)n(C)c2ccccc12. The second kappa shape index (κ2) is 6.49. The molecule has 3 aromatic rings. The smallest absolute Gasteiger partial charge is 0.206 e. The number of para-hydroxylation sites is 1. The van der Waals surface area contributed by atoms with Crippen molar-refractivity contribution in [3.8, 4) is 11.3 Å². The number of rotatable bonds is 3. The summed E-state index contributed by atoms with van der Waals surface area (Å²) in [7, 11) is 2.05. The highest BCUT2D eigenvalue weighted by molar-refractivity contribution is 9.10. The fourth-order valence-electron chi connectivity index (χ4n) is 2.91. The number of benzene rings is 2. The van der Waals surface area contributed by atoms with Crippen molar-refractivity contribution >= 4 is 38.5 Å². The summed E-state index contributed by atoms with van der Waals surface area (Å²) >= 11 is 3.48. The van der Waals surface area contributed by atoms with E-state index in [1.165, 1.54) is 0 Å². The lowest BCUT2D eigenvalue weighted by atomic mass is 10.0. The van der Waals surface area contributed by atoms with Gasteiger partial charge in [0.25, 0.3) is 0 Å². The largest absolute Gasteiger partial charge is 0.369 e. The molecular formula is C18H18BrN5. The number of guanidine groups is 1. The van der Waals surface area contributed by atoms with Crippen LogP contribution in [0.3, 0.4) is 0 Å². The van der Waals surface area contributed by atoms with Gasteiger partial charge in [-0.3, -0.25) is 5.41 Å². The number of aryl methyl sites for hydroxylation is 1. The van der Waals surface area contributed by atoms with E-state index in [0.717, 1.165) is 37.9 Å². The predicted octanol–water partition coefficient (Wildman–Crippen LogP) is 3.81. The first-order valence-electron chi connectivity index (χ1n) is 7.47. The molecule has 0 spiro atoms. The fraction of sp³-hybridized carbons (Fsp3) is 0.111. The van der Waals surface area contributed by atoms with Crippen molar-refractivity contribution in [3.63, 3.8) is 0 Å². The zero-order valence-electron chi connectivity index (χ0n) is 13.5. The van der Waals surface area contributed by atoms with E-state index in [9.17, 15) is 0 Å². The van der Waals surface area contributed by atoms with Gasteiger partial charge in [0.15, 0.2) is 0 Å². The van der Waals surface area contributed by atoms with Crippen molar-refractivity contribution in [2.75, 3.05) is 0 Å². The monoisotopic (exact) mass is 383 g/mol. The number of hydrazone groups is 1. The molecule has 0 bridgehead atoms. The highest BCUT2D eigenvalue weighted by Crippen LogP contribution is 2.34. The zero-order chi connectivity index (χ0) is 17.3. The van der Waals surface area contributed by atoms with Crippen molar-refractivity contribution in [3.05, 3.63) is 58.6 Å². The van der Waals surface area contributed by atoms with Gasteiger partial charge in [0.2, 0.25) is 5.96 Å². The molecule has 0 saturated heterocycles. The first-order valence-corrected chi connectivity index (χ1v) is 8.26. The summed E-state index contributed by atoms with van der Waals surface area (Å²) < 4.78 is 3.20. The van der Waals surface area contributed by atoms with Crippen LogP contribution in [0.5, 0.6) is 0 Å². The molecule has 0 amide bonds. The molecule has 0 aliphatic rings. The Morgan fingerprint density at radius 2 is 1.83 bits per heavy atom. The number of hydrogen-bond donors (Lipinski definition) is 3. The minimum absolute atomic E-state index is 0.181. The van der Waals surface area contributed by atoms with E-state index in [1.807, 2.05) is 31.2 Å². The standard InChI is InChI=1S/C18H18BrN5/c1-11(22-23-18(20)21)16-14-5-3-4-6-15(14)24(2)17(16)12-7-9-13(19)10-8-12/h3-10H,1-2H3,(H4,20,21,23)/b22-11-. The number of fused-ring (bicyclic) bond motifs is 1. The van der Waals surface area contributed by atoms with Crippen LogP contribution in [-0.4, -0.2) is 16.2 Å². The van der Waals surface area contributed by atoms with Crippen molar-refractivity contribution in [2.24, 2.45) is 17.9 Å². The molecule has 0 radical (unpaired) electrons. The number of nitrogens with one attached hydrogen (secondary N) is 2. The second-order valence-electron chi connectivity index (χ2n) is 5.53. The van der Waals surface area contributed by atoms with Crippen molar-refractivity contribution in [1.82, 2.24) is 9.99 Å². The summed E-state index contributed by atoms with van der Waals surface area (Å²) in [6, 6.07) is 16.4. The zero-order valence-corrected chi connectivity index (χ0v) is 15.1. The molecular weight excluding hydrogens is 366 g/mol. The molecule has 1 aromatic heterocycles. The van der Waals surface area contributed by atoms with E-state index >= 15 is 0 Å². The molecule has 0 aliphatic heterocycles. The van der Waals surface area contributed by atoms with Crippen molar-refractivity contribution < 1.29 is 0 Å². The van der Waals surface area contributed by atoms with Gasteiger partial charge in [-0.15, -0.1) is 0 Å². The maximum Gasteiger partial charge on any atom is 0.206 e. The molecule has 4 N–H and O–H groups in total. The van der Waals surface area contributed by atoms with Crippen LogP contribution in [0.25, 0.3) is 22.2 Å². The van der Waals surface area contributed by atoms with Crippen molar-refractivity contribution in [2.45, 2.75) is 6.92 Å². The highest BCUT2D eigenvalue weighted by Gasteiger charge is 2.18. The number of aromatic nitrogens is 1. The molecule has 0 fully saturated rings. The molecule has 0 unspecified atom stereocenters. The van der Waals surface area contributed by atoms with Crippen LogP contribution in [0.2, 0.25) is 0 Å². The van der Waals surface area contributed by atoms with E-state index in [1.54, 1.807) is 0 Å². The molecule has 0 saturated carbocycles. The van der Waals surface area contributed by atoms with E-state index in [0.29, 0.717) is 0 Å². The average Bonchev–Trinajstić information content (AvgIpc) is 2.87. The third-order valence-corrected chi connectivity index (χ3v) is 4.46. The minimum Gasteiger partial charge on any atom is -0.369 e. The van der Waals surface area contributed by atoms with Crippen LogP contribution in [0.15, 0.2) is 58.1 Å². The topological polar surface area (TPSA) is 79.2 Å². The number of nitrogens with two attached hydrogens (primary N) is 1. The normalized spacial score (nSPS) is 11.7. The lowest BCUT2D eigenvalue weighted by Gasteiger charge is -2.09. The lowest BCUT2D eigenvalue weighted by Crippen LogP contribution is -2.26. The van der Waals surface area contributed by atoms with Crippen LogP contribution in [-0.2, 0) is 7.05 Å². The summed E-state index contributed by atoms with van der Waals surface area (Å²) in [6.07, 6.45) is 0. The predicted molar refractivity (Wildman–Crippen MR) is 103 cm³/mol. The van der Waals surface area contributed by atoms with Gasteiger partial charge in [0.1, 0.15) is 0 Å². The third-order valence-electron chi connectivity index (χ3n) is 3.93. The van der Waals surface area contributed by atoms with Crippen molar-refractivity contribution in [1.29, 1.82) is 5.41 Å². The molecule has 24 heavy (non-hydrogen) atoms. The summed E-state index contributed by atoms with van der Waals surface area (Å²) in [6.45, 7) is 1.92. The van der Waals surface area contributed by atoms with E-state index < -0.39 is 0 Å². The minimum atomic E-state index is -0.181. The average molecular weight is 384 g/mol. The Balaban J connectivity index is 2.29. The number of nitrogens with zero attached hydrogens (tertiary/aromatic N) is 2. The second-order valence-corrected chi connectivity index (χ2v) is 6.45.